The molecule has 27 heavy (non-hydrogen) atoms. The standard InChI is InChI=1S/C20H17N3O4/c24-17-10-15-18(7-4-8-21-15)26-12-16(17)23-19(25)20-22-11-14(27-20)9-13-5-2-1-3-6-13/h1-8,11,16H,9-10,12H2,(H,23,25)/t16-/m0/s1. The number of ether oxygens (including phenoxy) is 1. The fourth-order valence-electron chi connectivity index (χ4n) is 2.88. The minimum absolute atomic E-state index is 0.0425. The Bertz CT molecular complexity index is 968. The number of hydrogen-bond acceptors (Lipinski definition) is 6. The van der Waals surface area contributed by atoms with Crippen molar-refractivity contribution >= 4 is 11.7 Å². The number of ketones is 1. The van der Waals surface area contributed by atoms with Crippen LogP contribution >= 0.6 is 0 Å². The van der Waals surface area contributed by atoms with Crippen molar-refractivity contribution in [3.05, 3.63) is 77.8 Å². The first-order chi connectivity index (χ1) is 13.2. The number of aromatic nitrogens is 2. The summed E-state index contributed by atoms with van der Waals surface area (Å²) in [5, 5.41) is 2.64. The molecule has 136 valence electrons. The molecule has 0 fully saturated rings. The summed E-state index contributed by atoms with van der Waals surface area (Å²) in [6.07, 6.45) is 3.77. The van der Waals surface area contributed by atoms with Gasteiger partial charge in [-0.2, -0.15) is 0 Å². The molecule has 3 heterocycles. The van der Waals surface area contributed by atoms with Gasteiger partial charge in [0.2, 0.25) is 0 Å². The lowest BCUT2D eigenvalue weighted by molar-refractivity contribution is -0.120. The minimum Gasteiger partial charge on any atom is -0.489 e. The number of nitrogens with one attached hydrogen (secondary N) is 1. The molecular weight excluding hydrogens is 346 g/mol. The molecule has 1 N–H and O–H groups in total. The lowest BCUT2D eigenvalue weighted by Crippen LogP contribution is -2.44. The molecule has 2 aromatic heterocycles. The van der Waals surface area contributed by atoms with Crippen molar-refractivity contribution in [1.29, 1.82) is 0 Å². The third-order valence-corrected chi connectivity index (χ3v) is 4.26. The van der Waals surface area contributed by atoms with E-state index < -0.39 is 11.9 Å². The summed E-state index contributed by atoms with van der Waals surface area (Å²) in [5.41, 5.74) is 1.62. The first-order valence-electron chi connectivity index (χ1n) is 8.58. The Morgan fingerprint density at radius 1 is 1.15 bits per heavy atom. The average Bonchev–Trinajstić information content (AvgIpc) is 3.09. The second-order valence-electron chi connectivity index (χ2n) is 6.22. The number of Topliss-reactive ketones (excluding diaryl/α,β-unsaturated/α-hetero) is 1. The average molecular weight is 363 g/mol. The Morgan fingerprint density at radius 3 is 2.85 bits per heavy atom. The Morgan fingerprint density at radius 2 is 2.00 bits per heavy atom. The number of nitrogens with zero attached hydrogens (tertiary/aromatic N) is 2. The van der Waals surface area contributed by atoms with Crippen LogP contribution in [-0.4, -0.2) is 34.3 Å². The lowest BCUT2D eigenvalue weighted by Gasteiger charge is -2.13. The van der Waals surface area contributed by atoms with E-state index in [1.165, 1.54) is 6.20 Å². The third-order valence-electron chi connectivity index (χ3n) is 4.26. The van der Waals surface area contributed by atoms with Gasteiger partial charge in [-0.1, -0.05) is 30.3 Å². The predicted octanol–water partition coefficient (Wildman–Crippen LogP) is 1.96. The van der Waals surface area contributed by atoms with Crippen LogP contribution in [0.5, 0.6) is 5.75 Å². The quantitative estimate of drug-likeness (QED) is 0.761. The zero-order chi connectivity index (χ0) is 18.6. The van der Waals surface area contributed by atoms with Crippen molar-refractivity contribution in [3.8, 4) is 5.75 Å². The molecule has 0 saturated heterocycles. The van der Waals surface area contributed by atoms with E-state index in [-0.39, 0.29) is 24.7 Å². The van der Waals surface area contributed by atoms with Gasteiger partial charge in [0.05, 0.1) is 18.3 Å². The molecule has 0 aliphatic carbocycles. The second-order valence-corrected chi connectivity index (χ2v) is 6.22. The number of amides is 1. The summed E-state index contributed by atoms with van der Waals surface area (Å²) in [7, 11) is 0. The number of oxazole rings is 1. The Kier molecular flexibility index (Phi) is 4.65. The van der Waals surface area contributed by atoms with E-state index in [1.807, 2.05) is 30.3 Å². The van der Waals surface area contributed by atoms with Gasteiger partial charge in [0.1, 0.15) is 24.2 Å². The van der Waals surface area contributed by atoms with Crippen LogP contribution in [0.1, 0.15) is 27.7 Å². The number of pyridine rings is 1. The molecule has 0 bridgehead atoms. The van der Waals surface area contributed by atoms with E-state index in [2.05, 4.69) is 15.3 Å². The van der Waals surface area contributed by atoms with Crippen LogP contribution < -0.4 is 10.1 Å². The third kappa shape index (κ3) is 3.87. The number of benzene rings is 1. The maximum Gasteiger partial charge on any atom is 0.307 e. The highest BCUT2D eigenvalue weighted by atomic mass is 16.5. The van der Waals surface area contributed by atoms with Crippen molar-refractivity contribution in [1.82, 2.24) is 15.3 Å². The van der Waals surface area contributed by atoms with Gasteiger partial charge in [0.25, 0.3) is 5.89 Å². The summed E-state index contributed by atoms with van der Waals surface area (Å²) in [5.74, 6) is 0.343. The number of carbonyl (C=O) groups is 2. The molecule has 7 nitrogen and oxygen atoms in total. The molecule has 0 unspecified atom stereocenters. The highest BCUT2D eigenvalue weighted by molar-refractivity contribution is 5.95. The van der Waals surface area contributed by atoms with E-state index >= 15 is 0 Å². The van der Waals surface area contributed by atoms with Crippen molar-refractivity contribution in [2.75, 3.05) is 6.61 Å². The molecule has 1 aliphatic rings. The maximum absolute atomic E-state index is 12.4. The summed E-state index contributed by atoms with van der Waals surface area (Å²) >= 11 is 0. The summed E-state index contributed by atoms with van der Waals surface area (Å²) in [6.45, 7) is 0.0425. The van der Waals surface area contributed by atoms with E-state index in [0.29, 0.717) is 23.6 Å². The first-order valence-corrected chi connectivity index (χ1v) is 8.58. The van der Waals surface area contributed by atoms with Crippen LogP contribution in [0.15, 0.2) is 59.3 Å². The summed E-state index contributed by atoms with van der Waals surface area (Å²) in [4.78, 5) is 33.0. The van der Waals surface area contributed by atoms with Gasteiger partial charge in [-0.05, 0) is 17.7 Å². The van der Waals surface area contributed by atoms with Crippen LogP contribution in [0.3, 0.4) is 0 Å². The summed E-state index contributed by atoms with van der Waals surface area (Å²) < 4.78 is 11.1. The molecule has 0 radical (unpaired) electrons. The Hall–Kier alpha value is -3.48. The summed E-state index contributed by atoms with van der Waals surface area (Å²) in [6, 6.07) is 12.4. The van der Waals surface area contributed by atoms with Crippen LogP contribution in [0.2, 0.25) is 0 Å². The van der Waals surface area contributed by atoms with Crippen LogP contribution in [-0.2, 0) is 17.6 Å². The minimum atomic E-state index is -0.781. The molecule has 1 atom stereocenters. The zero-order valence-electron chi connectivity index (χ0n) is 14.4. The zero-order valence-corrected chi connectivity index (χ0v) is 14.4. The van der Waals surface area contributed by atoms with Crippen molar-refractivity contribution in [3.63, 3.8) is 0 Å². The number of hydrogen-bond donors (Lipinski definition) is 1. The van der Waals surface area contributed by atoms with E-state index in [9.17, 15) is 9.59 Å². The van der Waals surface area contributed by atoms with Gasteiger partial charge < -0.3 is 14.5 Å². The van der Waals surface area contributed by atoms with Crippen LogP contribution in [0.25, 0.3) is 0 Å². The highest BCUT2D eigenvalue weighted by Gasteiger charge is 2.28. The molecule has 0 saturated carbocycles. The molecule has 3 aromatic rings. The van der Waals surface area contributed by atoms with Crippen molar-refractivity contribution in [2.45, 2.75) is 18.9 Å². The molecular formula is C20H17N3O4. The van der Waals surface area contributed by atoms with Crippen molar-refractivity contribution < 1.29 is 18.7 Å². The van der Waals surface area contributed by atoms with Crippen LogP contribution in [0, 0.1) is 0 Å². The first kappa shape index (κ1) is 17.0. The molecule has 1 aromatic carbocycles. The van der Waals surface area contributed by atoms with E-state index in [0.717, 1.165) is 5.56 Å². The lowest BCUT2D eigenvalue weighted by atomic mass is 10.1. The van der Waals surface area contributed by atoms with Gasteiger partial charge in [0, 0.05) is 12.6 Å². The monoisotopic (exact) mass is 363 g/mol. The topological polar surface area (TPSA) is 94.3 Å². The molecule has 7 heteroatoms. The fraction of sp³-hybridized carbons (Fsp3) is 0.200. The Balaban J connectivity index is 1.41. The van der Waals surface area contributed by atoms with Gasteiger partial charge >= 0.3 is 5.91 Å². The molecule has 4 rings (SSSR count). The van der Waals surface area contributed by atoms with Gasteiger partial charge in [-0.25, -0.2) is 4.98 Å². The van der Waals surface area contributed by atoms with Crippen molar-refractivity contribution in [2.24, 2.45) is 0 Å². The molecule has 0 spiro atoms. The normalized spacial score (nSPS) is 16.1. The van der Waals surface area contributed by atoms with E-state index in [1.54, 1.807) is 18.3 Å². The predicted molar refractivity (Wildman–Crippen MR) is 95.4 cm³/mol. The molecule has 1 amide bonds. The van der Waals surface area contributed by atoms with E-state index in [4.69, 9.17) is 9.15 Å². The van der Waals surface area contributed by atoms with Gasteiger partial charge in [0.15, 0.2) is 5.78 Å². The number of carbonyl (C=O) groups excluding carboxylic acids is 2. The maximum atomic E-state index is 12.4. The smallest absolute Gasteiger partial charge is 0.307 e. The van der Waals surface area contributed by atoms with Crippen LogP contribution in [0.4, 0.5) is 0 Å². The molecule has 1 aliphatic heterocycles. The fourth-order valence-corrected chi connectivity index (χ4v) is 2.88. The highest BCUT2D eigenvalue weighted by Crippen LogP contribution is 2.20. The second kappa shape index (κ2) is 7.41. The number of fused-ring (bicyclic) bond motifs is 1. The Labute approximate surface area is 155 Å². The largest absolute Gasteiger partial charge is 0.489 e. The SMILES string of the molecule is O=C(N[C@H]1COc2cccnc2CC1=O)c1ncc(Cc2ccccc2)o1. The van der Waals surface area contributed by atoms with Gasteiger partial charge in [-0.3, -0.25) is 14.6 Å². The van der Waals surface area contributed by atoms with Gasteiger partial charge in [-0.15, -0.1) is 0 Å². The number of rotatable bonds is 4.